The van der Waals surface area contributed by atoms with Crippen molar-refractivity contribution in [2.75, 3.05) is 0 Å². The minimum Gasteiger partial charge on any atom is -0.548 e. The molecule has 2 aromatic carbocycles. The van der Waals surface area contributed by atoms with E-state index in [1.165, 1.54) is 0 Å². The lowest BCUT2D eigenvalue weighted by atomic mass is 9.85. The number of rotatable bonds is 4. The number of aliphatic hydroxyl groups is 1. The molecule has 0 saturated heterocycles. The van der Waals surface area contributed by atoms with E-state index in [9.17, 15) is 19.8 Å². The second-order valence-corrected chi connectivity index (χ2v) is 7.06. The lowest BCUT2D eigenvalue weighted by molar-refractivity contribution is -0.308. The smallest absolute Gasteiger partial charge is 0.252 e. The average Bonchev–Trinajstić information content (AvgIpc) is 2.72. The molecule has 1 amide bonds. The normalized spacial score (nSPS) is 16.3. The van der Waals surface area contributed by atoms with Crippen LogP contribution in [0.15, 0.2) is 54.6 Å². The zero-order valence-corrected chi connectivity index (χ0v) is 15.5. The molecule has 2 N–H and O–H groups in total. The molecular formula is C23H22NO4-. The molecule has 1 aliphatic carbocycles. The predicted molar refractivity (Wildman–Crippen MR) is 103 cm³/mol. The molecule has 1 fully saturated rings. The van der Waals surface area contributed by atoms with Gasteiger partial charge in [0.25, 0.3) is 5.91 Å². The Labute approximate surface area is 164 Å². The maximum Gasteiger partial charge on any atom is 0.252 e. The Morgan fingerprint density at radius 2 is 1.64 bits per heavy atom. The molecular weight excluding hydrogens is 354 g/mol. The van der Waals surface area contributed by atoms with Crippen LogP contribution in [-0.2, 0) is 4.79 Å². The van der Waals surface area contributed by atoms with Crippen LogP contribution in [-0.4, -0.2) is 22.6 Å². The van der Waals surface area contributed by atoms with Gasteiger partial charge >= 0.3 is 0 Å². The number of aliphatic carboxylic acids is 1. The zero-order chi connectivity index (χ0) is 20.0. The summed E-state index contributed by atoms with van der Waals surface area (Å²) in [5.41, 5.74) is 0.532. The van der Waals surface area contributed by atoms with Gasteiger partial charge in [-0.05, 0) is 55.5 Å². The highest BCUT2D eigenvalue weighted by Gasteiger charge is 2.26. The van der Waals surface area contributed by atoms with E-state index in [0.29, 0.717) is 29.5 Å². The first-order chi connectivity index (χ1) is 13.5. The summed E-state index contributed by atoms with van der Waals surface area (Å²) in [6.07, 6.45) is 4.45. The molecule has 5 nitrogen and oxygen atoms in total. The van der Waals surface area contributed by atoms with Gasteiger partial charge in [-0.15, -0.1) is 0 Å². The Morgan fingerprint density at radius 3 is 2.25 bits per heavy atom. The molecule has 0 spiro atoms. The third kappa shape index (κ3) is 4.99. The Kier molecular flexibility index (Phi) is 6.13. The molecule has 0 radical (unpaired) electrons. The van der Waals surface area contributed by atoms with E-state index < -0.39 is 23.5 Å². The van der Waals surface area contributed by atoms with E-state index in [-0.39, 0.29) is 0 Å². The van der Waals surface area contributed by atoms with Crippen LogP contribution in [0, 0.1) is 11.8 Å². The highest BCUT2D eigenvalue weighted by Crippen LogP contribution is 2.27. The first kappa shape index (κ1) is 19.7. The molecule has 2 aromatic rings. The van der Waals surface area contributed by atoms with Crippen LogP contribution in [0.4, 0.5) is 0 Å². The maximum atomic E-state index is 12.4. The second-order valence-electron chi connectivity index (χ2n) is 7.06. The van der Waals surface area contributed by atoms with E-state index in [1.54, 1.807) is 54.6 Å². The van der Waals surface area contributed by atoms with Crippen molar-refractivity contribution in [1.82, 2.24) is 5.32 Å². The number of amides is 1. The fraction of sp³-hybridized carbons (Fsp3) is 0.304. The molecule has 3 rings (SSSR count). The number of carboxylic acids is 1. The Morgan fingerprint density at radius 1 is 1.00 bits per heavy atom. The highest BCUT2D eigenvalue weighted by molar-refractivity contribution is 5.96. The molecule has 0 aliphatic heterocycles. The fourth-order valence-corrected chi connectivity index (χ4v) is 3.29. The standard InChI is InChI=1S/C23H23NO4/c25-21(24-20(22(26)27)18-7-3-1-4-8-18)19-11-9-17(10-12-19)13-16-23(28)14-5-2-6-15-23/h1,3-4,7-12,20,28H,2,5-6,14-15H2,(H,24,25)(H,26,27)/p-1/t20-/m1/s1. The van der Waals surface area contributed by atoms with E-state index in [2.05, 4.69) is 17.2 Å². The molecule has 1 saturated carbocycles. The van der Waals surface area contributed by atoms with Gasteiger partial charge in [0.1, 0.15) is 5.60 Å². The largest absolute Gasteiger partial charge is 0.548 e. The van der Waals surface area contributed by atoms with Crippen LogP contribution in [0.1, 0.15) is 59.6 Å². The van der Waals surface area contributed by atoms with Crippen molar-refractivity contribution in [2.24, 2.45) is 0 Å². The molecule has 5 heteroatoms. The van der Waals surface area contributed by atoms with E-state index >= 15 is 0 Å². The Balaban J connectivity index is 1.69. The SMILES string of the molecule is O=C(N[C@@H](C(=O)[O-])c1ccccc1)c1ccc(C#CC2(O)CCCCC2)cc1. The Bertz CT molecular complexity index is 888. The number of nitrogens with one attached hydrogen (secondary N) is 1. The number of carbonyl (C=O) groups is 2. The number of carboxylic acid groups (broad SMARTS) is 1. The van der Waals surface area contributed by atoms with Gasteiger partial charge < -0.3 is 20.3 Å². The fourth-order valence-electron chi connectivity index (χ4n) is 3.29. The minimum atomic E-state index is -1.37. The summed E-state index contributed by atoms with van der Waals surface area (Å²) < 4.78 is 0. The molecule has 0 aromatic heterocycles. The summed E-state index contributed by atoms with van der Waals surface area (Å²) in [7, 11) is 0. The van der Waals surface area contributed by atoms with Crippen molar-refractivity contribution in [3.8, 4) is 11.8 Å². The van der Waals surface area contributed by atoms with Crippen molar-refractivity contribution in [3.05, 3.63) is 71.3 Å². The van der Waals surface area contributed by atoms with Crippen LogP contribution in [0.2, 0.25) is 0 Å². The van der Waals surface area contributed by atoms with Crippen molar-refractivity contribution in [3.63, 3.8) is 0 Å². The summed E-state index contributed by atoms with van der Waals surface area (Å²) >= 11 is 0. The van der Waals surface area contributed by atoms with E-state index in [1.807, 2.05) is 0 Å². The minimum absolute atomic E-state index is 0.323. The maximum absolute atomic E-state index is 12.4. The van der Waals surface area contributed by atoms with E-state index in [0.717, 1.165) is 19.3 Å². The molecule has 0 heterocycles. The third-order valence-electron chi connectivity index (χ3n) is 4.91. The average molecular weight is 376 g/mol. The van der Waals surface area contributed by atoms with Crippen LogP contribution < -0.4 is 10.4 Å². The molecule has 0 unspecified atom stereocenters. The van der Waals surface area contributed by atoms with Gasteiger partial charge in [0.15, 0.2) is 0 Å². The van der Waals surface area contributed by atoms with Crippen LogP contribution in [0.3, 0.4) is 0 Å². The monoisotopic (exact) mass is 376 g/mol. The van der Waals surface area contributed by atoms with Gasteiger partial charge in [0.2, 0.25) is 0 Å². The molecule has 0 bridgehead atoms. The number of carbonyl (C=O) groups excluding carboxylic acids is 2. The van der Waals surface area contributed by atoms with Gasteiger partial charge in [0, 0.05) is 11.1 Å². The van der Waals surface area contributed by atoms with Gasteiger partial charge in [-0.25, -0.2) is 0 Å². The summed E-state index contributed by atoms with van der Waals surface area (Å²) in [5.74, 6) is 4.04. The summed E-state index contributed by atoms with van der Waals surface area (Å²) in [5, 5.41) is 24.3. The number of hydrogen-bond acceptors (Lipinski definition) is 4. The summed E-state index contributed by atoms with van der Waals surface area (Å²) in [6, 6.07) is 13.7. The molecule has 1 atom stereocenters. The molecule has 28 heavy (non-hydrogen) atoms. The van der Waals surface area contributed by atoms with E-state index in [4.69, 9.17) is 0 Å². The quantitative estimate of drug-likeness (QED) is 0.799. The first-order valence-corrected chi connectivity index (χ1v) is 9.39. The van der Waals surface area contributed by atoms with Crippen LogP contribution >= 0.6 is 0 Å². The van der Waals surface area contributed by atoms with Crippen molar-refractivity contribution < 1.29 is 19.8 Å². The molecule has 1 aliphatic rings. The number of benzene rings is 2. The summed E-state index contributed by atoms with van der Waals surface area (Å²) in [6.45, 7) is 0. The third-order valence-corrected chi connectivity index (χ3v) is 4.91. The molecule has 144 valence electrons. The first-order valence-electron chi connectivity index (χ1n) is 9.39. The van der Waals surface area contributed by atoms with Gasteiger partial charge in [-0.2, -0.15) is 0 Å². The lowest BCUT2D eigenvalue weighted by Crippen LogP contribution is -2.41. The van der Waals surface area contributed by atoms with Gasteiger partial charge in [0.05, 0.1) is 12.0 Å². The zero-order valence-electron chi connectivity index (χ0n) is 15.5. The number of hydrogen-bond donors (Lipinski definition) is 2. The topological polar surface area (TPSA) is 89.5 Å². The predicted octanol–water partition coefficient (Wildman–Crippen LogP) is 1.95. The van der Waals surface area contributed by atoms with Gasteiger partial charge in [-0.1, -0.05) is 48.6 Å². The second kappa shape index (κ2) is 8.73. The van der Waals surface area contributed by atoms with Crippen LogP contribution in [0.25, 0.3) is 0 Å². The highest BCUT2D eigenvalue weighted by atomic mass is 16.4. The lowest BCUT2D eigenvalue weighted by Gasteiger charge is -2.26. The van der Waals surface area contributed by atoms with Crippen LogP contribution in [0.5, 0.6) is 0 Å². The Hall–Kier alpha value is -3.10. The van der Waals surface area contributed by atoms with Crippen molar-refractivity contribution in [1.29, 1.82) is 0 Å². The van der Waals surface area contributed by atoms with Gasteiger partial charge in [-0.3, -0.25) is 4.79 Å². The van der Waals surface area contributed by atoms with Crippen molar-refractivity contribution in [2.45, 2.75) is 43.7 Å². The summed E-state index contributed by atoms with van der Waals surface area (Å²) in [4.78, 5) is 23.8. The van der Waals surface area contributed by atoms with Crippen molar-refractivity contribution >= 4 is 11.9 Å².